The van der Waals surface area contributed by atoms with Gasteiger partial charge in [0.15, 0.2) is 0 Å². The molecule has 0 aromatic heterocycles. The quantitative estimate of drug-likeness (QED) is 0.625. The third-order valence-electron chi connectivity index (χ3n) is 1.60. The van der Waals surface area contributed by atoms with Crippen molar-refractivity contribution in [3.05, 3.63) is 27.2 Å². The van der Waals surface area contributed by atoms with E-state index < -0.39 is 0 Å². The highest BCUT2D eigenvalue weighted by atomic mass is 35.5. The highest BCUT2D eigenvalue weighted by molar-refractivity contribution is 6.41. The van der Waals surface area contributed by atoms with E-state index in [0.717, 1.165) is 0 Å². The minimum atomic E-state index is 0.402. The summed E-state index contributed by atoms with van der Waals surface area (Å²) in [5, 5.41) is 1.28. The maximum Gasteiger partial charge on any atom is 0.102 e. The molecular formula is C9H9Cl3N2. The summed E-state index contributed by atoms with van der Waals surface area (Å²) in [5.41, 5.74) is 6.05. The Bertz CT molecular complexity index is 351. The zero-order chi connectivity index (χ0) is 10.7. The molecule has 14 heavy (non-hydrogen) atoms. The summed E-state index contributed by atoms with van der Waals surface area (Å²) in [6.45, 7) is 1.90. The Morgan fingerprint density at radius 2 is 1.79 bits per heavy atom. The summed E-state index contributed by atoms with van der Waals surface area (Å²) in [7, 11) is 0. The van der Waals surface area contributed by atoms with Gasteiger partial charge in [-0.05, 0) is 12.1 Å². The lowest BCUT2D eigenvalue weighted by Gasteiger charge is -2.03. The van der Waals surface area contributed by atoms with Crippen LogP contribution in [-0.4, -0.2) is 5.84 Å². The summed E-state index contributed by atoms with van der Waals surface area (Å²) < 4.78 is 0. The van der Waals surface area contributed by atoms with Crippen LogP contribution in [0.1, 0.15) is 13.3 Å². The Balaban J connectivity index is 3.21. The van der Waals surface area contributed by atoms with Crippen molar-refractivity contribution in [2.75, 3.05) is 0 Å². The van der Waals surface area contributed by atoms with E-state index in [1.54, 1.807) is 12.1 Å². The van der Waals surface area contributed by atoms with Crippen LogP contribution in [0.25, 0.3) is 0 Å². The van der Waals surface area contributed by atoms with Gasteiger partial charge in [-0.1, -0.05) is 41.7 Å². The molecule has 0 amide bonds. The van der Waals surface area contributed by atoms with Crippen molar-refractivity contribution in [2.45, 2.75) is 13.3 Å². The second-order valence-electron chi connectivity index (χ2n) is 2.67. The van der Waals surface area contributed by atoms with Crippen LogP contribution >= 0.6 is 34.8 Å². The van der Waals surface area contributed by atoms with Gasteiger partial charge in [0.1, 0.15) is 5.69 Å². The van der Waals surface area contributed by atoms with Gasteiger partial charge in [0.05, 0.1) is 15.9 Å². The molecule has 2 N–H and O–H groups in total. The van der Waals surface area contributed by atoms with Crippen molar-refractivity contribution in [2.24, 2.45) is 10.7 Å². The first kappa shape index (κ1) is 11.6. The van der Waals surface area contributed by atoms with Crippen LogP contribution in [0.2, 0.25) is 15.1 Å². The van der Waals surface area contributed by atoms with Crippen LogP contribution in [0.3, 0.4) is 0 Å². The lowest BCUT2D eigenvalue weighted by atomic mass is 10.3. The van der Waals surface area contributed by atoms with Gasteiger partial charge in [-0.2, -0.15) is 0 Å². The second kappa shape index (κ2) is 4.87. The lowest BCUT2D eigenvalue weighted by molar-refractivity contribution is 1.24. The lowest BCUT2D eigenvalue weighted by Crippen LogP contribution is -2.08. The van der Waals surface area contributed by atoms with E-state index in [-0.39, 0.29) is 0 Å². The molecule has 0 bridgehead atoms. The van der Waals surface area contributed by atoms with E-state index in [9.17, 15) is 0 Å². The largest absolute Gasteiger partial charge is 0.387 e. The van der Waals surface area contributed by atoms with E-state index in [2.05, 4.69) is 4.99 Å². The second-order valence-corrected chi connectivity index (χ2v) is 3.93. The summed E-state index contributed by atoms with van der Waals surface area (Å²) in [6, 6.07) is 3.16. The number of rotatable bonds is 2. The number of benzene rings is 1. The predicted molar refractivity (Wildman–Crippen MR) is 63.0 cm³/mol. The first-order chi connectivity index (χ1) is 6.54. The molecule has 1 aromatic rings. The van der Waals surface area contributed by atoms with Gasteiger partial charge >= 0.3 is 0 Å². The molecule has 2 nitrogen and oxygen atoms in total. The Morgan fingerprint density at radius 1 is 1.29 bits per heavy atom. The van der Waals surface area contributed by atoms with E-state index in [4.69, 9.17) is 40.5 Å². The molecule has 0 saturated carbocycles. The van der Waals surface area contributed by atoms with E-state index in [1.807, 2.05) is 6.92 Å². The fourth-order valence-corrected chi connectivity index (χ4v) is 1.77. The maximum atomic E-state index is 5.90. The van der Waals surface area contributed by atoms with Crippen molar-refractivity contribution in [1.82, 2.24) is 0 Å². The van der Waals surface area contributed by atoms with Crippen molar-refractivity contribution in [3.8, 4) is 0 Å². The molecule has 1 aromatic carbocycles. The highest BCUT2D eigenvalue weighted by Gasteiger charge is 2.06. The van der Waals surface area contributed by atoms with Crippen molar-refractivity contribution < 1.29 is 0 Å². The van der Waals surface area contributed by atoms with E-state index in [1.165, 1.54) is 0 Å². The molecule has 0 aliphatic rings. The fraction of sp³-hybridized carbons (Fsp3) is 0.222. The smallest absolute Gasteiger partial charge is 0.102 e. The highest BCUT2D eigenvalue weighted by Crippen LogP contribution is 2.35. The first-order valence-electron chi connectivity index (χ1n) is 4.02. The van der Waals surface area contributed by atoms with Gasteiger partial charge in [-0.3, -0.25) is 0 Å². The first-order valence-corrected chi connectivity index (χ1v) is 5.15. The third kappa shape index (κ3) is 2.77. The van der Waals surface area contributed by atoms with Crippen LogP contribution in [-0.2, 0) is 0 Å². The van der Waals surface area contributed by atoms with Crippen LogP contribution in [0, 0.1) is 0 Å². The number of nitrogens with zero attached hydrogens (tertiary/aromatic N) is 1. The number of hydrogen-bond acceptors (Lipinski definition) is 1. The van der Waals surface area contributed by atoms with Crippen LogP contribution in [0.15, 0.2) is 17.1 Å². The Hall–Kier alpha value is -0.440. The SMILES string of the molecule is CCC(N)=Nc1c(Cl)cc(Cl)cc1Cl. The fourth-order valence-electron chi connectivity index (χ4n) is 0.864. The Kier molecular flexibility index (Phi) is 4.05. The number of halogens is 3. The predicted octanol–water partition coefficient (Wildman–Crippen LogP) is 4.05. The number of aliphatic imine (C=N–C) groups is 1. The standard InChI is InChI=1S/C9H9Cl3N2/c1-2-8(13)14-9-6(11)3-5(10)4-7(9)12/h3-4H,2H2,1H3,(H2,13,14). The molecule has 0 spiro atoms. The zero-order valence-corrected chi connectivity index (χ0v) is 9.79. The van der Waals surface area contributed by atoms with E-state index >= 15 is 0 Å². The molecular weight excluding hydrogens is 242 g/mol. The van der Waals surface area contributed by atoms with Gasteiger partial charge in [0.25, 0.3) is 0 Å². The third-order valence-corrected chi connectivity index (χ3v) is 2.39. The summed E-state index contributed by atoms with van der Waals surface area (Å²) >= 11 is 17.6. The minimum absolute atomic E-state index is 0.402. The molecule has 5 heteroatoms. The molecule has 0 aliphatic heterocycles. The summed E-state index contributed by atoms with van der Waals surface area (Å²) in [5.74, 6) is 0.483. The number of nitrogens with two attached hydrogens (primary N) is 1. The molecule has 0 saturated heterocycles. The molecule has 76 valence electrons. The van der Waals surface area contributed by atoms with E-state index in [0.29, 0.717) is 33.0 Å². The van der Waals surface area contributed by atoms with Crippen LogP contribution in [0.5, 0.6) is 0 Å². The average molecular weight is 252 g/mol. The average Bonchev–Trinajstić information content (AvgIpc) is 2.10. The van der Waals surface area contributed by atoms with Gasteiger partial charge in [-0.15, -0.1) is 0 Å². The molecule has 0 unspecified atom stereocenters. The normalized spacial score (nSPS) is 11.9. The van der Waals surface area contributed by atoms with Gasteiger partial charge in [0.2, 0.25) is 0 Å². The topological polar surface area (TPSA) is 38.4 Å². The van der Waals surface area contributed by atoms with Crippen molar-refractivity contribution in [3.63, 3.8) is 0 Å². The molecule has 1 rings (SSSR count). The maximum absolute atomic E-state index is 5.90. The van der Waals surface area contributed by atoms with Crippen LogP contribution < -0.4 is 5.73 Å². The van der Waals surface area contributed by atoms with Gasteiger partial charge < -0.3 is 5.73 Å². The van der Waals surface area contributed by atoms with Crippen LogP contribution in [0.4, 0.5) is 5.69 Å². The minimum Gasteiger partial charge on any atom is -0.387 e. The molecule has 0 atom stereocenters. The summed E-state index contributed by atoms with van der Waals surface area (Å²) in [6.07, 6.45) is 0.648. The Morgan fingerprint density at radius 3 is 2.21 bits per heavy atom. The van der Waals surface area contributed by atoms with Crippen molar-refractivity contribution >= 4 is 46.3 Å². The van der Waals surface area contributed by atoms with Gasteiger partial charge in [-0.25, -0.2) is 4.99 Å². The van der Waals surface area contributed by atoms with Crippen molar-refractivity contribution in [1.29, 1.82) is 0 Å². The monoisotopic (exact) mass is 250 g/mol. The molecule has 0 fully saturated rings. The number of amidine groups is 1. The Labute approximate surface area is 97.7 Å². The summed E-state index contributed by atoms with van der Waals surface area (Å²) in [4.78, 5) is 4.09. The molecule has 0 radical (unpaired) electrons. The molecule has 0 aliphatic carbocycles. The number of hydrogen-bond donors (Lipinski definition) is 1. The van der Waals surface area contributed by atoms with Gasteiger partial charge in [0, 0.05) is 11.4 Å². The zero-order valence-electron chi connectivity index (χ0n) is 7.52. The molecule has 0 heterocycles.